The first kappa shape index (κ1) is 15.1. The zero-order valence-electron chi connectivity index (χ0n) is 12.5. The summed E-state index contributed by atoms with van der Waals surface area (Å²) in [6.07, 6.45) is 3.92. The summed E-state index contributed by atoms with van der Waals surface area (Å²) in [5.41, 5.74) is 1.12. The number of aliphatic hydroxyl groups is 1. The van der Waals surface area contributed by atoms with Crippen LogP contribution in [0.1, 0.15) is 24.8 Å². The third kappa shape index (κ3) is 3.87. The molecule has 112 valence electrons. The van der Waals surface area contributed by atoms with Crippen molar-refractivity contribution < 1.29 is 14.6 Å². The van der Waals surface area contributed by atoms with E-state index in [1.807, 2.05) is 12.1 Å². The van der Waals surface area contributed by atoms with Crippen molar-refractivity contribution in [3.63, 3.8) is 0 Å². The molecule has 0 unspecified atom stereocenters. The highest BCUT2D eigenvalue weighted by atomic mass is 16.5. The zero-order valence-corrected chi connectivity index (χ0v) is 12.5. The quantitative estimate of drug-likeness (QED) is 0.866. The lowest BCUT2D eigenvalue weighted by atomic mass is 10.1. The van der Waals surface area contributed by atoms with E-state index < -0.39 is 0 Å². The Kier molecular flexibility index (Phi) is 5.68. The minimum atomic E-state index is 0.199. The topological polar surface area (TPSA) is 41.9 Å². The summed E-state index contributed by atoms with van der Waals surface area (Å²) in [6, 6.07) is 5.97. The second kappa shape index (κ2) is 7.50. The highest BCUT2D eigenvalue weighted by molar-refractivity contribution is 5.46. The summed E-state index contributed by atoms with van der Waals surface area (Å²) >= 11 is 0. The van der Waals surface area contributed by atoms with Crippen molar-refractivity contribution in [2.45, 2.75) is 31.8 Å². The van der Waals surface area contributed by atoms with Crippen molar-refractivity contribution in [2.24, 2.45) is 0 Å². The van der Waals surface area contributed by atoms with Gasteiger partial charge in [-0.05, 0) is 44.4 Å². The van der Waals surface area contributed by atoms with Gasteiger partial charge in [0.1, 0.15) is 6.10 Å². The Morgan fingerprint density at radius 2 is 2.05 bits per heavy atom. The molecular formula is C16H25NO3. The minimum absolute atomic E-state index is 0.199. The predicted octanol–water partition coefficient (Wildman–Crippen LogP) is 2.09. The van der Waals surface area contributed by atoms with E-state index in [4.69, 9.17) is 14.6 Å². The molecule has 0 spiro atoms. The maximum atomic E-state index is 9.02. The largest absolute Gasteiger partial charge is 0.493 e. The van der Waals surface area contributed by atoms with Crippen molar-refractivity contribution in [2.75, 3.05) is 33.9 Å². The fourth-order valence-corrected chi connectivity index (χ4v) is 2.59. The molecule has 1 aromatic rings. The third-order valence-corrected chi connectivity index (χ3v) is 3.83. The summed E-state index contributed by atoms with van der Waals surface area (Å²) in [5.74, 6) is 1.65. The second-order valence-corrected chi connectivity index (χ2v) is 5.40. The number of methoxy groups -OCH3 is 1. The van der Waals surface area contributed by atoms with Gasteiger partial charge in [0.25, 0.3) is 0 Å². The predicted molar refractivity (Wildman–Crippen MR) is 79.5 cm³/mol. The molecule has 0 aromatic heterocycles. The molecule has 1 fully saturated rings. The summed E-state index contributed by atoms with van der Waals surface area (Å²) in [5, 5.41) is 9.02. The first-order valence-corrected chi connectivity index (χ1v) is 7.36. The molecule has 20 heavy (non-hydrogen) atoms. The summed E-state index contributed by atoms with van der Waals surface area (Å²) < 4.78 is 11.7. The lowest BCUT2D eigenvalue weighted by Crippen LogP contribution is -2.35. The van der Waals surface area contributed by atoms with Gasteiger partial charge in [-0.3, -0.25) is 0 Å². The molecule has 1 aliphatic heterocycles. The molecule has 0 bridgehead atoms. The van der Waals surface area contributed by atoms with Gasteiger partial charge in [0.05, 0.1) is 7.11 Å². The van der Waals surface area contributed by atoms with Crippen LogP contribution >= 0.6 is 0 Å². The summed E-state index contributed by atoms with van der Waals surface area (Å²) in [7, 11) is 3.82. The van der Waals surface area contributed by atoms with E-state index >= 15 is 0 Å². The normalized spacial score (nSPS) is 17.1. The maximum absolute atomic E-state index is 9.02. The van der Waals surface area contributed by atoms with Crippen LogP contribution in [0.4, 0.5) is 0 Å². The number of likely N-dealkylation sites (tertiary alicyclic amines) is 1. The van der Waals surface area contributed by atoms with Crippen LogP contribution in [-0.4, -0.2) is 50.0 Å². The number of aliphatic hydroxyl groups excluding tert-OH is 1. The molecule has 1 aliphatic rings. The molecule has 1 aromatic carbocycles. The minimum Gasteiger partial charge on any atom is -0.493 e. The first-order valence-electron chi connectivity index (χ1n) is 7.36. The molecule has 1 saturated heterocycles. The van der Waals surface area contributed by atoms with E-state index in [-0.39, 0.29) is 12.7 Å². The molecule has 1 N–H and O–H groups in total. The number of hydrogen-bond donors (Lipinski definition) is 1. The fraction of sp³-hybridized carbons (Fsp3) is 0.625. The number of hydrogen-bond acceptors (Lipinski definition) is 4. The lowest BCUT2D eigenvalue weighted by molar-refractivity contribution is 0.110. The summed E-state index contributed by atoms with van der Waals surface area (Å²) in [4.78, 5) is 2.33. The Morgan fingerprint density at radius 1 is 1.30 bits per heavy atom. The molecule has 0 atom stereocenters. The van der Waals surface area contributed by atoms with E-state index in [1.165, 1.54) is 0 Å². The number of para-hydroxylation sites is 1. The number of ether oxygens (including phenoxy) is 2. The second-order valence-electron chi connectivity index (χ2n) is 5.40. The van der Waals surface area contributed by atoms with Crippen LogP contribution < -0.4 is 9.47 Å². The van der Waals surface area contributed by atoms with Crippen LogP contribution in [0.5, 0.6) is 11.5 Å². The lowest BCUT2D eigenvalue weighted by Gasteiger charge is -2.30. The molecule has 0 aliphatic carbocycles. The van der Waals surface area contributed by atoms with Crippen LogP contribution in [0.25, 0.3) is 0 Å². The van der Waals surface area contributed by atoms with Gasteiger partial charge in [-0.25, -0.2) is 0 Å². The Bertz CT molecular complexity index is 414. The average molecular weight is 279 g/mol. The number of rotatable bonds is 6. The highest BCUT2D eigenvalue weighted by Crippen LogP contribution is 2.34. The van der Waals surface area contributed by atoms with Crippen molar-refractivity contribution in [3.8, 4) is 11.5 Å². The van der Waals surface area contributed by atoms with Crippen LogP contribution in [0, 0.1) is 0 Å². The monoisotopic (exact) mass is 279 g/mol. The SMILES string of the molecule is COc1cccc(CCCO)c1OC1CCN(C)CC1. The van der Waals surface area contributed by atoms with Crippen molar-refractivity contribution in [1.82, 2.24) is 4.90 Å². The Hall–Kier alpha value is -1.26. The smallest absolute Gasteiger partial charge is 0.164 e. The highest BCUT2D eigenvalue weighted by Gasteiger charge is 2.21. The Labute approximate surface area is 121 Å². The fourth-order valence-electron chi connectivity index (χ4n) is 2.59. The molecule has 1 heterocycles. The van der Waals surface area contributed by atoms with Crippen molar-refractivity contribution in [1.29, 1.82) is 0 Å². The van der Waals surface area contributed by atoms with E-state index in [2.05, 4.69) is 18.0 Å². The Balaban J connectivity index is 2.11. The van der Waals surface area contributed by atoms with Crippen molar-refractivity contribution in [3.05, 3.63) is 23.8 Å². The molecular weight excluding hydrogens is 254 g/mol. The molecule has 0 amide bonds. The molecule has 2 rings (SSSR count). The van der Waals surface area contributed by atoms with Crippen LogP contribution in [0.2, 0.25) is 0 Å². The number of piperidine rings is 1. The molecule has 4 heteroatoms. The van der Waals surface area contributed by atoms with Gasteiger partial charge in [0.2, 0.25) is 0 Å². The molecule has 4 nitrogen and oxygen atoms in total. The van der Waals surface area contributed by atoms with E-state index in [9.17, 15) is 0 Å². The molecule has 0 radical (unpaired) electrons. The van der Waals surface area contributed by atoms with E-state index in [0.717, 1.165) is 55.8 Å². The van der Waals surface area contributed by atoms with Gasteiger partial charge in [0.15, 0.2) is 11.5 Å². The van der Waals surface area contributed by atoms with Gasteiger partial charge in [-0.2, -0.15) is 0 Å². The third-order valence-electron chi connectivity index (χ3n) is 3.83. The number of aryl methyl sites for hydroxylation is 1. The zero-order chi connectivity index (χ0) is 14.4. The maximum Gasteiger partial charge on any atom is 0.164 e. The van der Waals surface area contributed by atoms with Gasteiger partial charge < -0.3 is 19.5 Å². The van der Waals surface area contributed by atoms with Crippen LogP contribution in [0.15, 0.2) is 18.2 Å². The Morgan fingerprint density at radius 3 is 2.70 bits per heavy atom. The van der Waals surface area contributed by atoms with Gasteiger partial charge in [-0.15, -0.1) is 0 Å². The summed E-state index contributed by atoms with van der Waals surface area (Å²) in [6.45, 7) is 2.35. The first-order chi connectivity index (χ1) is 9.74. The van der Waals surface area contributed by atoms with Crippen LogP contribution in [-0.2, 0) is 6.42 Å². The van der Waals surface area contributed by atoms with Gasteiger partial charge >= 0.3 is 0 Å². The van der Waals surface area contributed by atoms with E-state index in [0.29, 0.717) is 0 Å². The molecule has 0 saturated carbocycles. The van der Waals surface area contributed by atoms with Crippen LogP contribution in [0.3, 0.4) is 0 Å². The number of benzene rings is 1. The van der Waals surface area contributed by atoms with E-state index in [1.54, 1.807) is 7.11 Å². The standard InChI is InChI=1S/C16H25NO3/c1-17-10-8-14(9-11-17)20-16-13(6-4-12-18)5-3-7-15(16)19-2/h3,5,7,14,18H,4,6,8-12H2,1-2H3. The van der Waals surface area contributed by atoms with Crippen molar-refractivity contribution >= 4 is 0 Å². The van der Waals surface area contributed by atoms with Gasteiger partial charge in [-0.1, -0.05) is 12.1 Å². The number of nitrogens with zero attached hydrogens (tertiary/aromatic N) is 1. The van der Waals surface area contributed by atoms with Gasteiger partial charge in [0, 0.05) is 19.7 Å². The average Bonchev–Trinajstić information content (AvgIpc) is 2.48.